The topological polar surface area (TPSA) is 222 Å². The Morgan fingerprint density at radius 1 is 1.32 bits per heavy atom. The summed E-state index contributed by atoms with van der Waals surface area (Å²) in [6.45, 7) is 4.49. The highest BCUT2D eigenvalue weighted by Crippen LogP contribution is 2.32. The van der Waals surface area contributed by atoms with Crippen molar-refractivity contribution in [2.24, 2.45) is 10.9 Å². The van der Waals surface area contributed by atoms with Crippen LogP contribution in [0.2, 0.25) is 0 Å². The monoisotopic (exact) mass is 607 g/mol. The zero-order valence-electron chi connectivity index (χ0n) is 22.1. The summed E-state index contributed by atoms with van der Waals surface area (Å²) >= 11 is -1.61. The lowest BCUT2D eigenvalue weighted by Crippen LogP contribution is -2.76. The van der Waals surface area contributed by atoms with E-state index in [4.69, 9.17) is 25.6 Å². The van der Waals surface area contributed by atoms with Gasteiger partial charge >= 0.3 is 11.4 Å². The minimum atomic E-state index is -2.70. The first kappa shape index (κ1) is 30.0. The number of pyridine rings is 1. The molecule has 3 aromatic rings. The number of nitrogens with zero attached hydrogens (tertiary/aromatic N) is 6. The molecule has 0 saturated carbocycles. The van der Waals surface area contributed by atoms with Gasteiger partial charge in [-0.05, 0) is 38.9 Å². The summed E-state index contributed by atoms with van der Waals surface area (Å²) in [6, 6.07) is 2.51. The molecule has 18 heteroatoms. The highest BCUT2D eigenvalue weighted by Gasteiger charge is 2.57. The molecule has 6 N–H and O–H groups in total. The number of hydrogen-bond acceptors (Lipinski definition) is 13. The molecule has 0 bridgehead atoms. The molecule has 2 atom stereocenters. The summed E-state index contributed by atoms with van der Waals surface area (Å²) in [5.74, 6) is -0.973. The Hall–Kier alpha value is -3.97. The Kier molecular flexibility index (Phi) is 9.61. The largest absolute Gasteiger partial charge is 0.488 e. The van der Waals surface area contributed by atoms with Crippen LogP contribution in [0, 0.1) is 0 Å². The van der Waals surface area contributed by atoms with Crippen molar-refractivity contribution in [3.05, 3.63) is 41.8 Å². The standard InChI is InChI=1S/C23H29N9O7S2/c1-23(2)19(21(34)32(23)39-41(35)36)29-20(33)18(17-13-40-22(25)28-17)30-38-9-8-37-15-4-5-16(26-11-15)14-10-27-31(12-14)7-3-6-24/h4-5,10-13,19H,3,6-9,24H2,1-2H3,(H2,25,28)(H,29,33)(H,35,36)/b30-18-/t19-/m1/s1. The van der Waals surface area contributed by atoms with Gasteiger partial charge in [0.25, 0.3) is 11.8 Å². The molecule has 1 fully saturated rings. The van der Waals surface area contributed by atoms with Crippen molar-refractivity contribution in [2.45, 2.75) is 38.4 Å². The van der Waals surface area contributed by atoms with Gasteiger partial charge in [0.1, 0.15) is 24.1 Å². The summed E-state index contributed by atoms with van der Waals surface area (Å²) in [7, 11) is 0. The number of carbonyl (C=O) groups excluding carboxylic acids is 2. The number of nitrogens with two attached hydrogens (primary N) is 2. The van der Waals surface area contributed by atoms with Crippen LogP contribution in [0.3, 0.4) is 0 Å². The first-order chi connectivity index (χ1) is 19.6. The average molecular weight is 608 g/mol. The molecule has 1 aliphatic heterocycles. The summed E-state index contributed by atoms with van der Waals surface area (Å²) in [5, 5.41) is 13.2. The molecule has 1 aliphatic rings. The number of oxime groups is 1. The summed E-state index contributed by atoms with van der Waals surface area (Å²) in [6.07, 6.45) is 6.04. The van der Waals surface area contributed by atoms with Crippen LogP contribution in [0.1, 0.15) is 26.0 Å². The Labute approximate surface area is 241 Å². The second-order valence-corrected chi connectivity index (χ2v) is 10.7. The molecule has 1 unspecified atom stereocenters. The van der Waals surface area contributed by atoms with E-state index in [1.54, 1.807) is 38.4 Å². The van der Waals surface area contributed by atoms with E-state index in [0.717, 1.165) is 40.6 Å². The van der Waals surface area contributed by atoms with Crippen molar-refractivity contribution >= 4 is 45.4 Å². The van der Waals surface area contributed by atoms with Crippen molar-refractivity contribution in [3.63, 3.8) is 0 Å². The van der Waals surface area contributed by atoms with E-state index in [2.05, 4.69) is 29.8 Å². The van der Waals surface area contributed by atoms with Gasteiger partial charge in [0, 0.05) is 23.7 Å². The predicted molar refractivity (Wildman–Crippen MR) is 148 cm³/mol. The molecule has 3 aromatic heterocycles. The third-order valence-corrected chi connectivity index (χ3v) is 6.88. The molecular formula is C23H29N9O7S2. The van der Waals surface area contributed by atoms with Crippen LogP contribution in [0.25, 0.3) is 11.3 Å². The first-order valence-electron chi connectivity index (χ1n) is 12.3. The zero-order chi connectivity index (χ0) is 29.6. The minimum absolute atomic E-state index is 0.0240. The number of anilines is 1. The zero-order valence-corrected chi connectivity index (χ0v) is 23.8. The van der Waals surface area contributed by atoms with Crippen LogP contribution in [-0.4, -0.2) is 82.4 Å². The van der Waals surface area contributed by atoms with E-state index in [0.29, 0.717) is 12.3 Å². The summed E-state index contributed by atoms with van der Waals surface area (Å²) in [4.78, 5) is 39.2. The van der Waals surface area contributed by atoms with Crippen LogP contribution in [-0.2, 0) is 36.6 Å². The Balaban J connectivity index is 1.32. The molecular weight excluding hydrogens is 578 g/mol. The summed E-state index contributed by atoms with van der Waals surface area (Å²) in [5.41, 5.74) is 11.7. The van der Waals surface area contributed by atoms with Crippen molar-refractivity contribution < 1.29 is 32.2 Å². The van der Waals surface area contributed by atoms with Crippen LogP contribution in [0.4, 0.5) is 5.13 Å². The lowest BCUT2D eigenvalue weighted by Gasteiger charge is -2.50. The SMILES string of the molecule is CC1(C)[C@H](NC(=O)/C(=N\OCCOc2ccc(-c3cnn(CCCN)c3)nc2)c2csc(N)n2)C(=O)N1OS(=O)O. The van der Waals surface area contributed by atoms with Crippen molar-refractivity contribution in [3.8, 4) is 17.0 Å². The molecule has 4 heterocycles. The van der Waals surface area contributed by atoms with Crippen LogP contribution in [0.5, 0.6) is 5.75 Å². The van der Waals surface area contributed by atoms with Gasteiger partial charge in [-0.25, -0.2) is 4.98 Å². The van der Waals surface area contributed by atoms with Gasteiger partial charge in [0.05, 0.1) is 23.6 Å². The molecule has 0 aliphatic carbocycles. The smallest absolute Gasteiger partial charge is 0.325 e. The first-order valence-corrected chi connectivity index (χ1v) is 14.2. The van der Waals surface area contributed by atoms with Gasteiger partial charge in [-0.1, -0.05) is 5.16 Å². The quantitative estimate of drug-likeness (QED) is 0.0639. The number of hydrogen-bond donors (Lipinski definition) is 4. The van der Waals surface area contributed by atoms with E-state index in [-0.39, 0.29) is 29.8 Å². The van der Waals surface area contributed by atoms with Crippen molar-refractivity contribution in [1.82, 2.24) is 30.1 Å². The molecule has 4 rings (SSSR count). The fourth-order valence-electron chi connectivity index (χ4n) is 3.80. The maximum atomic E-state index is 13.0. The molecule has 0 radical (unpaired) electrons. The number of aryl methyl sites for hydroxylation is 1. The number of nitrogen functional groups attached to an aromatic ring is 1. The molecule has 41 heavy (non-hydrogen) atoms. The number of aromatic nitrogens is 4. The molecule has 16 nitrogen and oxygen atoms in total. The average Bonchev–Trinajstić information content (AvgIpc) is 3.60. The number of nitrogens with one attached hydrogen (secondary N) is 1. The molecule has 0 aromatic carbocycles. The van der Waals surface area contributed by atoms with Gasteiger partial charge in [0.2, 0.25) is 0 Å². The fourth-order valence-corrected chi connectivity index (χ4v) is 4.75. The maximum absolute atomic E-state index is 13.0. The van der Waals surface area contributed by atoms with Crippen molar-refractivity contribution in [2.75, 3.05) is 25.5 Å². The predicted octanol–water partition coefficient (Wildman–Crippen LogP) is 0.306. The number of β-lactam (4-membered cyclic amide) rings is 1. The third-order valence-electron chi connectivity index (χ3n) is 5.93. The Morgan fingerprint density at radius 3 is 2.76 bits per heavy atom. The highest BCUT2D eigenvalue weighted by atomic mass is 32.2. The second kappa shape index (κ2) is 13.1. The number of thiazole rings is 1. The molecule has 220 valence electrons. The second-order valence-electron chi connectivity index (χ2n) is 9.19. The van der Waals surface area contributed by atoms with Gasteiger partial charge in [0.15, 0.2) is 17.5 Å². The van der Waals surface area contributed by atoms with E-state index < -0.39 is 34.8 Å². The number of amides is 2. The Morgan fingerprint density at radius 2 is 2.12 bits per heavy atom. The number of ether oxygens (including phenoxy) is 1. The lowest BCUT2D eigenvalue weighted by atomic mass is 9.84. The Bertz CT molecular complexity index is 1420. The molecule has 2 amide bonds. The van der Waals surface area contributed by atoms with Crippen LogP contribution in [0.15, 0.2) is 41.3 Å². The lowest BCUT2D eigenvalue weighted by molar-refractivity contribution is -0.216. The third kappa shape index (κ3) is 7.22. The van der Waals surface area contributed by atoms with Crippen LogP contribution >= 0.6 is 11.3 Å². The van der Waals surface area contributed by atoms with Gasteiger partial charge in [-0.15, -0.1) is 15.6 Å². The van der Waals surface area contributed by atoms with Gasteiger partial charge < -0.3 is 26.4 Å². The van der Waals surface area contributed by atoms with E-state index in [1.165, 1.54) is 5.38 Å². The minimum Gasteiger partial charge on any atom is -0.488 e. The summed E-state index contributed by atoms with van der Waals surface area (Å²) < 4.78 is 32.0. The number of carbonyl (C=O) groups is 2. The van der Waals surface area contributed by atoms with E-state index >= 15 is 0 Å². The van der Waals surface area contributed by atoms with E-state index in [1.807, 2.05) is 10.9 Å². The maximum Gasteiger partial charge on any atom is 0.325 e. The van der Waals surface area contributed by atoms with Crippen LogP contribution < -0.4 is 21.5 Å². The van der Waals surface area contributed by atoms with E-state index in [9.17, 15) is 13.8 Å². The van der Waals surface area contributed by atoms with Crippen molar-refractivity contribution in [1.29, 1.82) is 0 Å². The number of hydroxylamine groups is 2. The number of rotatable bonds is 14. The molecule has 1 saturated heterocycles. The van der Waals surface area contributed by atoms with Gasteiger partial charge in [-0.3, -0.25) is 23.8 Å². The van der Waals surface area contributed by atoms with Gasteiger partial charge in [-0.2, -0.15) is 14.4 Å². The highest BCUT2D eigenvalue weighted by molar-refractivity contribution is 7.74. The fraction of sp³-hybridized carbons (Fsp3) is 0.391. The normalized spacial score (nSPS) is 17.2. The molecule has 0 spiro atoms.